The van der Waals surface area contributed by atoms with Crippen molar-refractivity contribution in [3.63, 3.8) is 0 Å². The van der Waals surface area contributed by atoms with E-state index in [9.17, 15) is 4.39 Å². The number of halogens is 1. The van der Waals surface area contributed by atoms with Crippen molar-refractivity contribution in [1.82, 2.24) is 20.1 Å². The molecule has 1 aliphatic rings. The number of benzene rings is 2. The molecule has 0 atom stereocenters. The lowest BCUT2D eigenvalue weighted by Gasteiger charge is -2.24. The largest absolute Gasteiger partial charge is 0.354 e. The zero-order valence-corrected chi connectivity index (χ0v) is 15.4. The van der Waals surface area contributed by atoms with Crippen molar-refractivity contribution in [2.24, 2.45) is 4.99 Å². The van der Waals surface area contributed by atoms with Crippen LogP contribution in [-0.2, 0) is 13.1 Å². The van der Waals surface area contributed by atoms with Gasteiger partial charge in [0, 0.05) is 35.9 Å². The van der Waals surface area contributed by atoms with E-state index < -0.39 is 0 Å². The van der Waals surface area contributed by atoms with Crippen LogP contribution in [0.25, 0.3) is 22.2 Å². The Balaban J connectivity index is 1.48. The summed E-state index contributed by atoms with van der Waals surface area (Å²) in [7, 11) is 0. The molecule has 0 spiro atoms. The van der Waals surface area contributed by atoms with Crippen LogP contribution in [0.1, 0.15) is 16.8 Å². The van der Waals surface area contributed by atoms with Gasteiger partial charge in [-0.15, -0.1) is 0 Å². The van der Waals surface area contributed by atoms with Gasteiger partial charge >= 0.3 is 0 Å². The van der Waals surface area contributed by atoms with Crippen LogP contribution in [0.3, 0.4) is 0 Å². The van der Waals surface area contributed by atoms with Gasteiger partial charge in [-0.25, -0.2) is 9.38 Å². The third-order valence-electron chi connectivity index (χ3n) is 4.96. The molecule has 28 heavy (non-hydrogen) atoms. The second kappa shape index (κ2) is 6.56. The second-order valence-corrected chi connectivity index (χ2v) is 7.06. The van der Waals surface area contributed by atoms with Gasteiger partial charge in [-0.05, 0) is 54.4 Å². The number of nitrogens with zero attached hydrogens (tertiary/aromatic N) is 4. The quantitative estimate of drug-likeness (QED) is 0.565. The normalized spacial score (nSPS) is 13.1. The zero-order chi connectivity index (χ0) is 19.1. The first kappa shape index (κ1) is 16.6. The molecule has 0 amide bonds. The fourth-order valence-electron chi connectivity index (χ4n) is 3.58. The summed E-state index contributed by atoms with van der Waals surface area (Å²) in [6.07, 6.45) is 3.65. The molecule has 0 saturated heterocycles. The van der Waals surface area contributed by atoms with Crippen LogP contribution >= 0.6 is 0 Å². The van der Waals surface area contributed by atoms with Crippen molar-refractivity contribution >= 4 is 22.9 Å². The Bertz CT molecular complexity index is 1190. The fourth-order valence-corrected chi connectivity index (χ4v) is 3.58. The topological polar surface area (TPSA) is 57.2 Å². The van der Waals surface area contributed by atoms with E-state index in [1.165, 1.54) is 12.1 Å². The molecular weight excluding hydrogens is 353 g/mol. The fraction of sp³-hybridized carbons (Fsp3) is 0.136. The maximum Gasteiger partial charge on any atom is 0.123 e. The third kappa shape index (κ3) is 3.03. The molecule has 0 saturated carbocycles. The standard InChI is InChI=1S/C22H18FN5/c1-14-8-16(6-7-24-14)22-19-9-17-12-28(11-15-2-4-18(23)5-3-15)13-25-20(17)10-21(19)26-27-22/h2-10,13H,11-12H2,1H3,(H,26,27). The van der Waals surface area contributed by atoms with Crippen molar-refractivity contribution in [1.29, 1.82) is 0 Å². The highest BCUT2D eigenvalue weighted by Gasteiger charge is 2.17. The molecule has 2 aromatic carbocycles. The molecule has 0 radical (unpaired) electrons. The Morgan fingerprint density at radius 2 is 1.96 bits per heavy atom. The van der Waals surface area contributed by atoms with Crippen LogP contribution in [0.5, 0.6) is 0 Å². The van der Waals surface area contributed by atoms with Gasteiger partial charge in [-0.3, -0.25) is 10.1 Å². The molecular formula is C22H18FN5. The Morgan fingerprint density at radius 3 is 2.79 bits per heavy atom. The van der Waals surface area contributed by atoms with E-state index in [4.69, 9.17) is 0 Å². The Morgan fingerprint density at radius 1 is 1.11 bits per heavy atom. The minimum absolute atomic E-state index is 0.220. The number of rotatable bonds is 3. The van der Waals surface area contributed by atoms with E-state index >= 15 is 0 Å². The molecule has 5 rings (SSSR count). The summed E-state index contributed by atoms with van der Waals surface area (Å²) >= 11 is 0. The molecule has 138 valence electrons. The highest BCUT2D eigenvalue weighted by atomic mass is 19.1. The van der Waals surface area contributed by atoms with Crippen molar-refractivity contribution in [3.8, 4) is 11.3 Å². The lowest BCUT2D eigenvalue weighted by molar-refractivity contribution is 0.414. The molecule has 2 aromatic heterocycles. The van der Waals surface area contributed by atoms with Gasteiger partial charge in [0.1, 0.15) is 11.5 Å². The predicted octanol–water partition coefficient (Wildman–Crippen LogP) is 4.75. The van der Waals surface area contributed by atoms with E-state index in [0.717, 1.165) is 51.2 Å². The van der Waals surface area contributed by atoms with Crippen LogP contribution < -0.4 is 0 Å². The van der Waals surface area contributed by atoms with Gasteiger partial charge in [0.2, 0.25) is 0 Å². The summed E-state index contributed by atoms with van der Waals surface area (Å²) in [4.78, 5) is 11.0. The molecule has 0 aliphatic carbocycles. The lowest BCUT2D eigenvalue weighted by Crippen LogP contribution is -2.23. The number of H-pyrrole nitrogens is 1. The SMILES string of the molecule is Cc1cc(-c2n[nH]c3cc4c(cc23)CN(Cc2ccc(F)cc2)C=N4)ccn1. The number of hydrogen-bond acceptors (Lipinski definition) is 4. The van der Waals surface area contributed by atoms with Crippen molar-refractivity contribution < 1.29 is 4.39 Å². The minimum Gasteiger partial charge on any atom is -0.354 e. The van der Waals surface area contributed by atoms with Crippen LogP contribution in [0.2, 0.25) is 0 Å². The smallest absolute Gasteiger partial charge is 0.123 e. The summed E-state index contributed by atoms with van der Waals surface area (Å²) < 4.78 is 13.1. The average molecular weight is 371 g/mol. The number of nitrogens with one attached hydrogen (secondary N) is 1. The van der Waals surface area contributed by atoms with Crippen LogP contribution in [0.4, 0.5) is 10.1 Å². The summed E-state index contributed by atoms with van der Waals surface area (Å²) in [5, 5.41) is 8.71. The summed E-state index contributed by atoms with van der Waals surface area (Å²) in [5.74, 6) is -0.220. The molecule has 1 N–H and O–H groups in total. The number of aromatic amines is 1. The average Bonchev–Trinajstić information content (AvgIpc) is 3.11. The van der Waals surface area contributed by atoms with E-state index in [1.807, 2.05) is 43.6 Å². The first-order chi connectivity index (χ1) is 13.7. The highest BCUT2D eigenvalue weighted by molar-refractivity contribution is 5.95. The van der Waals surface area contributed by atoms with Gasteiger partial charge in [0.25, 0.3) is 0 Å². The van der Waals surface area contributed by atoms with Crippen LogP contribution in [0, 0.1) is 12.7 Å². The van der Waals surface area contributed by atoms with Gasteiger partial charge < -0.3 is 4.90 Å². The van der Waals surface area contributed by atoms with Crippen molar-refractivity contribution in [2.45, 2.75) is 20.0 Å². The number of aromatic nitrogens is 3. The van der Waals surface area contributed by atoms with E-state index in [2.05, 4.69) is 31.1 Å². The maximum atomic E-state index is 13.1. The van der Waals surface area contributed by atoms with Gasteiger partial charge in [-0.2, -0.15) is 5.10 Å². The Kier molecular flexibility index (Phi) is 3.90. The van der Waals surface area contributed by atoms with E-state index in [0.29, 0.717) is 6.54 Å². The van der Waals surface area contributed by atoms with Gasteiger partial charge in [0.05, 0.1) is 17.5 Å². The first-order valence-corrected chi connectivity index (χ1v) is 9.12. The minimum atomic E-state index is -0.220. The molecule has 0 bridgehead atoms. The number of fused-ring (bicyclic) bond motifs is 2. The first-order valence-electron chi connectivity index (χ1n) is 9.12. The number of aliphatic imine (C=N–C) groups is 1. The maximum absolute atomic E-state index is 13.1. The highest BCUT2D eigenvalue weighted by Crippen LogP contribution is 2.34. The zero-order valence-electron chi connectivity index (χ0n) is 15.4. The number of aryl methyl sites for hydroxylation is 1. The summed E-state index contributed by atoms with van der Waals surface area (Å²) in [5.41, 5.74) is 7.03. The summed E-state index contributed by atoms with van der Waals surface area (Å²) in [6, 6.07) is 14.8. The molecule has 0 unspecified atom stereocenters. The van der Waals surface area contributed by atoms with Crippen LogP contribution in [0.15, 0.2) is 59.7 Å². The molecule has 4 aromatic rings. The van der Waals surface area contributed by atoms with E-state index in [1.54, 1.807) is 6.20 Å². The van der Waals surface area contributed by atoms with Gasteiger partial charge in [0.15, 0.2) is 0 Å². The van der Waals surface area contributed by atoms with Crippen molar-refractivity contribution in [2.75, 3.05) is 0 Å². The lowest BCUT2D eigenvalue weighted by atomic mass is 10.0. The Hall–Kier alpha value is -3.54. The predicted molar refractivity (Wildman–Crippen MR) is 108 cm³/mol. The molecule has 5 nitrogen and oxygen atoms in total. The number of pyridine rings is 1. The van der Waals surface area contributed by atoms with Crippen molar-refractivity contribution in [3.05, 3.63) is 77.4 Å². The Labute approximate surface area is 161 Å². The monoisotopic (exact) mass is 371 g/mol. The van der Waals surface area contributed by atoms with Crippen LogP contribution in [-0.4, -0.2) is 26.4 Å². The van der Waals surface area contributed by atoms with Gasteiger partial charge in [-0.1, -0.05) is 12.1 Å². The molecule has 1 aliphatic heterocycles. The third-order valence-corrected chi connectivity index (χ3v) is 4.96. The second-order valence-electron chi connectivity index (χ2n) is 7.06. The number of hydrogen-bond donors (Lipinski definition) is 1. The summed E-state index contributed by atoms with van der Waals surface area (Å²) in [6.45, 7) is 3.40. The van der Waals surface area contributed by atoms with E-state index in [-0.39, 0.29) is 5.82 Å². The molecule has 3 heterocycles. The molecule has 0 fully saturated rings. The molecule has 6 heteroatoms.